The lowest BCUT2D eigenvalue weighted by Crippen LogP contribution is -2.34. The van der Waals surface area contributed by atoms with E-state index in [2.05, 4.69) is 13.8 Å². The second kappa shape index (κ2) is 2.97. The summed E-state index contributed by atoms with van der Waals surface area (Å²) in [6, 6.07) is 0. The summed E-state index contributed by atoms with van der Waals surface area (Å²) in [5.74, 6) is 1.31. The first-order chi connectivity index (χ1) is 6.01. The molecule has 1 unspecified atom stereocenters. The zero-order valence-corrected chi connectivity index (χ0v) is 9.18. The molecule has 2 saturated heterocycles. The van der Waals surface area contributed by atoms with Gasteiger partial charge in [0.15, 0.2) is 9.84 Å². The zero-order valence-electron chi connectivity index (χ0n) is 8.36. The molecular weight excluding hydrogens is 184 g/mol. The van der Waals surface area contributed by atoms with E-state index in [1.807, 2.05) is 0 Å². The van der Waals surface area contributed by atoms with Crippen LogP contribution in [-0.2, 0) is 9.84 Å². The van der Waals surface area contributed by atoms with E-state index in [4.69, 9.17) is 0 Å². The van der Waals surface area contributed by atoms with E-state index in [0.29, 0.717) is 11.8 Å². The monoisotopic (exact) mass is 202 g/mol. The van der Waals surface area contributed by atoms with Crippen LogP contribution in [-0.4, -0.2) is 18.9 Å². The van der Waals surface area contributed by atoms with Gasteiger partial charge in [-0.25, -0.2) is 8.42 Å². The van der Waals surface area contributed by atoms with Gasteiger partial charge in [-0.3, -0.25) is 0 Å². The molecule has 0 aliphatic carbocycles. The summed E-state index contributed by atoms with van der Waals surface area (Å²) >= 11 is 0. The molecule has 2 aliphatic rings. The Balaban J connectivity index is 2.20. The van der Waals surface area contributed by atoms with Crippen LogP contribution in [0.4, 0.5) is 0 Å². The summed E-state index contributed by atoms with van der Waals surface area (Å²) < 4.78 is 23.5. The van der Waals surface area contributed by atoms with E-state index in [1.54, 1.807) is 0 Å². The highest BCUT2D eigenvalue weighted by molar-refractivity contribution is 7.93. The lowest BCUT2D eigenvalue weighted by Gasteiger charge is -2.30. The van der Waals surface area contributed by atoms with Crippen LogP contribution in [0.25, 0.3) is 0 Å². The number of fused-ring (bicyclic) bond motifs is 2. The third-order valence-electron chi connectivity index (χ3n) is 3.81. The first-order valence-corrected chi connectivity index (χ1v) is 6.85. The molecular formula is C10H18O2S. The lowest BCUT2D eigenvalue weighted by atomic mass is 9.88. The Labute approximate surface area is 80.6 Å². The maximum absolute atomic E-state index is 11.7. The lowest BCUT2D eigenvalue weighted by molar-refractivity contribution is 0.327. The van der Waals surface area contributed by atoms with Gasteiger partial charge in [0.25, 0.3) is 0 Å². The van der Waals surface area contributed by atoms with Crippen LogP contribution in [0.3, 0.4) is 0 Å². The van der Waals surface area contributed by atoms with Gasteiger partial charge >= 0.3 is 0 Å². The Morgan fingerprint density at radius 1 is 1.08 bits per heavy atom. The molecule has 2 heterocycles. The van der Waals surface area contributed by atoms with Crippen molar-refractivity contribution in [1.29, 1.82) is 0 Å². The van der Waals surface area contributed by atoms with E-state index in [9.17, 15) is 8.42 Å². The molecule has 0 aromatic rings. The van der Waals surface area contributed by atoms with Crippen molar-refractivity contribution in [2.45, 2.75) is 50.0 Å². The van der Waals surface area contributed by atoms with E-state index >= 15 is 0 Å². The largest absolute Gasteiger partial charge is 0.228 e. The minimum atomic E-state index is -2.70. The first-order valence-electron chi connectivity index (χ1n) is 5.24. The number of hydrogen-bond acceptors (Lipinski definition) is 2. The van der Waals surface area contributed by atoms with Crippen LogP contribution in [0, 0.1) is 11.8 Å². The second-order valence-corrected chi connectivity index (χ2v) is 7.40. The molecule has 0 amide bonds. The molecule has 13 heavy (non-hydrogen) atoms. The van der Waals surface area contributed by atoms with Gasteiger partial charge in [-0.1, -0.05) is 13.8 Å². The molecule has 0 aromatic carbocycles. The fraction of sp³-hybridized carbons (Fsp3) is 1.00. The highest BCUT2D eigenvalue weighted by Gasteiger charge is 2.47. The smallest absolute Gasteiger partial charge is 0.156 e. The fourth-order valence-corrected chi connectivity index (χ4v) is 5.30. The molecule has 2 aliphatic heterocycles. The predicted octanol–water partition coefficient (Wildman–Crippen LogP) is 2.00. The predicted molar refractivity (Wildman–Crippen MR) is 53.3 cm³/mol. The van der Waals surface area contributed by atoms with Crippen molar-refractivity contribution in [3.05, 3.63) is 0 Å². The number of sulfone groups is 1. The van der Waals surface area contributed by atoms with Crippen LogP contribution in [0.15, 0.2) is 0 Å². The van der Waals surface area contributed by atoms with Gasteiger partial charge in [0, 0.05) is 0 Å². The number of rotatable bonds is 1. The summed E-state index contributed by atoms with van der Waals surface area (Å²) in [4.78, 5) is 0. The summed E-state index contributed by atoms with van der Waals surface area (Å²) in [5, 5.41) is 0.0253. The van der Waals surface area contributed by atoms with E-state index < -0.39 is 9.84 Å². The topological polar surface area (TPSA) is 34.1 Å². The van der Waals surface area contributed by atoms with Crippen molar-refractivity contribution in [1.82, 2.24) is 0 Å². The molecule has 2 rings (SSSR count). The van der Waals surface area contributed by atoms with Crippen molar-refractivity contribution in [3.63, 3.8) is 0 Å². The van der Waals surface area contributed by atoms with Gasteiger partial charge in [-0.05, 0) is 37.5 Å². The average Bonchev–Trinajstić information content (AvgIpc) is 2.24. The highest BCUT2D eigenvalue weighted by Crippen LogP contribution is 2.43. The van der Waals surface area contributed by atoms with Crippen LogP contribution in [0.1, 0.15) is 39.5 Å². The Morgan fingerprint density at radius 3 is 1.92 bits per heavy atom. The van der Waals surface area contributed by atoms with Crippen molar-refractivity contribution in [3.8, 4) is 0 Å². The standard InChI is InChI=1S/C10H18O2S/c1-7(2)8-5-9-3-4-10(6-8)13(9,11)12/h7-10H,3-6H2,1-2H3/t8?,9-,10+. The quantitative estimate of drug-likeness (QED) is 0.651. The summed E-state index contributed by atoms with van der Waals surface area (Å²) in [6.07, 6.45) is 3.71. The fourth-order valence-electron chi connectivity index (χ4n) is 2.79. The Morgan fingerprint density at radius 2 is 1.54 bits per heavy atom. The van der Waals surface area contributed by atoms with E-state index in [-0.39, 0.29) is 10.5 Å². The van der Waals surface area contributed by atoms with Crippen molar-refractivity contribution in [2.24, 2.45) is 11.8 Å². The molecule has 0 saturated carbocycles. The molecule has 0 aromatic heterocycles. The summed E-state index contributed by atoms with van der Waals surface area (Å²) in [7, 11) is -2.70. The van der Waals surface area contributed by atoms with Crippen LogP contribution in [0.5, 0.6) is 0 Å². The molecule has 3 heteroatoms. The Kier molecular flexibility index (Phi) is 2.17. The molecule has 0 radical (unpaired) electrons. The third-order valence-corrected chi connectivity index (χ3v) is 6.53. The number of hydrogen-bond donors (Lipinski definition) is 0. The highest BCUT2D eigenvalue weighted by atomic mass is 32.2. The Hall–Kier alpha value is -0.0500. The minimum absolute atomic E-state index is 0.0126. The summed E-state index contributed by atoms with van der Waals surface area (Å²) in [5.41, 5.74) is 0. The Bertz CT molecular complexity index is 272. The van der Waals surface area contributed by atoms with Gasteiger partial charge in [-0.15, -0.1) is 0 Å². The molecule has 0 spiro atoms. The zero-order chi connectivity index (χ0) is 9.64. The van der Waals surface area contributed by atoms with Crippen LogP contribution < -0.4 is 0 Å². The van der Waals surface area contributed by atoms with Crippen molar-refractivity contribution in [2.75, 3.05) is 0 Å². The average molecular weight is 202 g/mol. The van der Waals surface area contributed by atoms with Crippen molar-refractivity contribution >= 4 is 9.84 Å². The van der Waals surface area contributed by atoms with Gasteiger partial charge in [0.2, 0.25) is 0 Å². The molecule has 3 atom stereocenters. The molecule has 2 nitrogen and oxygen atoms in total. The van der Waals surface area contributed by atoms with E-state index in [1.165, 1.54) is 0 Å². The third kappa shape index (κ3) is 1.41. The molecule has 2 fully saturated rings. The second-order valence-electron chi connectivity index (χ2n) is 4.89. The minimum Gasteiger partial charge on any atom is -0.228 e. The summed E-state index contributed by atoms with van der Waals surface area (Å²) in [6.45, 7) is 4.42. The van der Waals surface area contributed by atoms with Gasteiger partial charge < -0.3 is 0 Å². The molecule has 2 bridgehead atoms. The van der Waals surface area contributed by atoms with Gasteiger partial charge in [-0.2, -0.15) is 0 Å². The SMILES string of the molecule is CC(C)C1C[C@H]2CC[C@@H](C1)S2(=O)=O. The van der Waals surface area contributed by atoms with Crippen LogP contribution >= 0.6 is 0 Å². The van der Waals surface area contributed by atoms with Gasteiger partial charge in [0.05, 0.1) is 10.5 Å². The molecule has 76 valence electrons. The van der Waals surface area contributed by atoms with Crippen molar-refractivity contribution < 1.29 is 8.42 Å². The molecule has 0 N–H and O–H groups in total. The normalized spacial score (nSPS) is 42.5. The van der Waals surface area contributed by atoms with Crippen LogP contribution in [0.2, 0.25) is 0 Å². The first kappa shape index (κ1) is 9.50. The maximum atomic E-state index is 11.7. The van der Waals surface area contributed by atoms with Gasteiger partial charge in [0.1, 0.15) is 0 Å². The maximum Gasteiger partial charge on any atom is 0.156 e. The van der Waals surface area contributed by atoms with E-state index in [0.717, 1.165) is 25.7 Å².